The van der Waals surface area contributed by atoms with Crippen molar-refractivity contribution in [3.8, 4) is 11.5 Å². The number of rotatable bonds is 1. The van der Waals surface area contributed by atoms with E-state index in [1.165, 1.54) is 5.56 Å². The van der Waals surface area contributed by atoms with Crippen LogP contribution >= 0.6 is 0 Å². The Labute approximate surface area is 92.2 Å². The van der Waals surface area contributed by atoms with Crippen molar-refractivity contribution < 1.29 is 9.47 Å². The lowest BCUT2D eigenvalue weighted by molar-refractivity contribution is 0.297. The summed E-state index contributed by atoms with van der Waals surface area (Å²) in [7, 11) is 0. The van der Waals surface area contributed by atoms with Crippen LogP contribution in [-0.2, 0) is 0 Å². The first kappa shape index (κ1) is 11.9. The van der Waals surface area contributed by atoms with E-state index in [1.807, 2.05) is 6.07 Å². The van der Waals surface area contributed by atoms with E-state index in [-0.39, 0.29) is 7.43 Å². The third-order valence-electron chi connectivity index (χ3n) is 2.44. The van der Waals surface area contributed by atoms with E-state index in [9.17, 15) is 0 Å². The first-order valence-corrected chi connectivity index (χ1v) is 5.17. The average molecular weight is 208 g/mol. The molecule has 1 aliphatic heterocycles. The number of hydrogen-bond donors (Lipinski definition) is 0. The summed E-state index contributed by atoms with van der Waals surface area (Å²) in [6.45, 7) is 5.88. The van der Waals surface area contributed by atoms with Gasteiger partial charge in [0.2, 0.25) is 0 Å². The summed E-state index contributed by atoms with van der Waals surface area (Å²) in [4.78, 5) is 0. The molecule has 2 nitrogen and oxygen atoms in total. The first-order valence-electron chi connectivity index (χ1n) is 5.17. The molecule has 0 aromatic heterocycles. The van der Waals surface area contributed by atoms with Crippen LogP contribution in [0.1, 0.15) is 39.2 Å². The van der Waals surface area contributed by atoms with Crippen LogP contribution in [0.5, 0.6) is 11.5 Å². The molecule has 1 heterocycles. The summed E-state index contributed by atoms with van der Waals surface area (Å²) < 4.78 is 11.2. The molecule has 0 saturated heterocycles. The second-order valence-electron chi connectivity index (χ2n) is 3.91. The van der Waals surface area contributed by atoms with Crippen molar-refractivity contribution in [2.24, 2.45) is 0 Å². The Morgan fingerprint density at radius 3 is 2.40 bits per heavy atom. The van der Waals surface area contributed by atoms with E-state index in [4.69, 9.17) is 9.47 Å². The van der Waals surface area contributed by atoms with Crippen LogP contribution < -0.4 is 9.47 Å². The topological polar surface area (TPSA) is 18.5 Å². The fourth-order valence-electron chi connectivity index (χ4n) is 1.54. The lowest BCUT2D eigenvalue weighted by Gasteiger charge is -2.10. The molecule has 0 unspecified atom stereocenters. The van der Waals surface area contributed by atoms with Gasteiger partial charge in [0.05, 0.1) is 13.2 Å². The minimum absolute atomic E-state index is 0. The Kier molecular flexibility index (Phi) is 4.01. The van der Waals surface area contributed by atoms with Gasteiger partial charge in [-0.1, -0.05) is 27.3 Å². The normalized spacial score (nSPS) is 14.3. The summed E-state index contributed by atoms with van der Waals surface area (Å²) in [6.07, 6.45) is 0.964. The summed E-state index contributed by atoms with van der Waals surface area (Å²) in [5.41, 5.74) is 1.30. The summed E-state index contributed by atoms with van der Waals surface area (Å²) in [6, 6.07) is 6.21. The van der Waals surface area contributed by atoms with Crippen molar-refractivity contribution >= 4 is 0 Å². The van der Waals surface area contributed by atoms with Gasteiger partial charge in [-0.05, 0) is 23.6 Å². The highest BCUT2D eigenvalue weighted by Crippen LogP contribution is 2.32. The maximum Gasteiger partial charge on any atom is 0.161 e. The smallest absolute Gasteiger partial charge is 0.161 e. The highest BCUT2D eigenvalue weighted by atomic mass is 16.5. The summed E-state index contributed by atoms with van der Waals surface area (Å²) >= 11 is 0. The molecule has 1 aliphatic rings. The highest BCUT2D eigenvalue weighted by molar-refractivity contribution is 5.44. The Bertz CT molecular complexity index is 318. The molecule has 0 aliphatic carbocycles. The third kappa shape index (κ3) is 2.65. The van der Waals surface area contributed by atoms with E-state index in [2.05, 4.69) is 26.0 Å². The van der Waals surface area contributed by atoms with Gasteiger partial charge in [0.15, 0.2) is 11.5 Å². The largest absolute Gasteiger partial charge is 0.490 e. The predicted molar refractivity (Wildman–Crippen MR) is 62.9 cm³/mol. The van der Waals surface area contributed by atoms with Crippen molar-refractivity contribution in [1.82, 2.24) is 0 Å². The lowest BCUT2D eigenvalue weighted by atomic mass is 10.0. The molecule has 1 aromatic carbocycles. The average Bonchev–Trinajstić information content (AvgIpc) is 2.41. The zero-order valence-electron chi connectivity index (χ0n) is 8.75. The number of benzene rings is 1. The minimum atomic E-state index is 0. The molecule has 0 spiro atoms. The van der Waals surface area contributed by atoms with Crippen molar-refractivity contribution in [3.05, 3.63) is 23.8 Å². The first-order chi connectivity index (χ1) is 6.77. The highest BCUT2D eigenvalue weighted by Gasteiger charge is 2.11. The third-order valence-corrected chi connectivity index (χ3v) is 2.44. The molecule has 0 amide bonds. The molecule has 15 heavy (non-hydrogen) atoms. The van der Waals surface area contributed by atoms with Gasteiger partial charge in [-0.15, -0.1) is 0 Å². The Hall–Kier alpha value is -1.18. The van der Waals surface area contributed by atoms with Crippen LogP contribution in [0.3, 0.4) is 0 Å². The molecular weight excluding hydrogens is 188 g/mol. The molecule has 0 fully saturated rings. The predicted octanol–water partition coefficient (Wildman–Crippen LogP) is 3.61. The second-order valence-corrected chi connectivity index (χ2v) is 3.91. The van der Waals surface area contributed by atoms with Crippen molar-refractivity contribution in [1.29, 1.82) is 0 Å². The second kappa shape index (κ2) is 5.06. The van der Waals surface area contributed by atoms with Crippen LogP contribution in [0.4, 0.5) is 0 Å². The molecule has 0 bridgehead atoms. The van der Waals surface area contributed by atoms with Gasteiger partial charge in [0, 0.05) is 6.42 Å². The van der Waals surface area contributed by atoms with Crippen LogP contribution in [0.25, 0.3) is 0 Å². The summed E-state index contributed by atoms with van der Waals surface area (Å²) in [5.74, 6) is 2.31. The fraction of sp³-hybridized carbons (Fsp3) is 0.538. The van der Waals surface area contributed by atoms with E-state index in [1.54, 1.807) is 0 Å². The summed E-state index contributed by atoms with van der Waals surface area (Å²) in [5, 5.41) is 0. The molecule has 2 heteroatoms. The zero-order chi connectivity index (χ0) is 9.97. The van der Waals surface area contributed by atoms with Crippen molar-refractivity contribution in [2.45, 2.75) is 33.6 Å². The molecule has 0 N–H and O–H groups in total. The number of ether oxygens (including phenoxy) is 2. The maximum absolute atomic E-state index is 5.61. The van der Waals surface area contributed by atoms with Crippen LogP contribution in [0.15, 0.2) is 18.2 Å². The SMILES string of the molecule is C.CC(C)c1ccc2c(c1)OCCCO2. The van der Waals surface area contributed by atoms with E-state index >= 15 is 0 Å². The lowest BCUT2D eigenvalue weighted by Crippen LogP contribution is -1.97. The monoisotopic (exact) mass is 208 g/mol. The number of fused-ring (bicyclic) bond motifs is 1. The number of hydrogen-bond acceptors (Lipinski definition) is 2. The Morgan fingerprint density at radius 1 is 1.07 bits per heavy atom. The molecule has 0 saturated carbocycles. The molecule has 0 radical (unpaired) electrons. The van der Waals surface area contributed by atoms with E-state index < -0.39 is 0 Å². The maximum atomic E-state index is 5.61. The van der Waals surface area contributed by atoms with E-state index in [0.29, 0.717) is 5.92 Å². The van der Waals surface area contributed by atoms with Gasteiger partial charge >= 0.3 is 0 Å². The van der Waals surface area contributed by atoms with Crippen LogP contribution in [0.2, 0.25) is 0 Å². The van der Waals surface area contributed by atoms with Gasteiger partial charge in [-0.2, -0.15) is 0 Å². The van der Waals surface area contributed by atoms with Gasteiger partial charge in [0.1, 0.15) is 0 Å². The van der Waals surface area contributed by atoms with Gasteiger partial charge in [-0.3, -0.25) is 0 Å². The van der Waals surface area contributed by atoms with Gasteiger partial charge in [-0.25, -0.2) is 0 Å². The molecule has 0 atom stereocenters. The molecular formula is C13H20O2. The fourth-order valence-corrected chi connectivity index (χ4v) is 1.54. The Morgan fingerprint density at radius 2 is 1.73 bits per heavy atom. The van der Waals surface area contributed by atoms with Crippen molar-refractivity contribution in [3.63, 3.8) is 0 Å². The quantitative estimate of drug-likeness (QED) is 0.702. The van der Waals surface area contributed by atoms with Crippen LogP contribution in [-0.4, -0.2) is 13.2 Å². The van der Waals surface area contributed by atoms with Crippen LogP contribution in [0, 0.1) is 0 Å². The molecule has 2 rings (SSSR count). The van der Waals surface area contributed by atoms with Gasteiger partial charge < -0.3 is 9.47 Å². The minimum Gasteiger partial charge on any atom is -0.490 e. The van der Waals surface area contributed by atoms with Crippen molar-refractivity contribution in [2.75, 3.05) is 13.2 Å². The Balaban J connectivity index is 0.00000112. The standard InChI is InChI=1S/C12H16O2.CH4/c1-9(2)10-4-5-11-12(8-10)14-7-3-6-13-11;/h4-5,8-9H,3,6-7H2,1-2H3;1H4. The molecule has 84 valence electrons. The van der Waals surface area contributed by atoms with E-state index in [0.717, 1.165) is 31.1 Å². The van der Waals surface area contributed by atoms with Gasteiger partial charge in [0.25, 0.3) is 0 Å². The molecule has 1 aromatic rings. The zero-order valence-corrected chi connectivity index (χ0v) is 8.75.